The standard InChI is InChI=1S/C22H26N4OS2/c1-4-18-14-19-20(23-16(3)24-21(19)29-18)28-15(2)22(27)26-12-10-25(11-13-26)17-8-6-5-7-9-17/h5-9,14-15H,4,10-13H2,1-3H3. The number of anilines is 1. The Bertz CT molecular complexity index is 997. The first-order valence-corrected chi connectivity index (χ1v) is 11.8. The molecule has 152 valence electrons. The molecule has 29 heavy (non-hydrogen) atoms. The van der Waals surface area contributed by atoms with Crippen LogP contribution in [0.1, 0.15) is 24.5 Å². The lowest BCUT2D eigenvalue weighted by molar-refractivity contribution is -0.130. The van der Waals surface area contributed by atoms with Gasteiger partial charge in [0.15, 0.2) is 0 Å². The van der Waals surface area contributed by atoms with Gasteiger partial charge in [0, 0.05) is 42.1 Å². The van der Waals surface area contributed by atoms with Crippen molar-refractivity contribution in [2.75, 3.05) is 31.1 Å². The van der Waals surface area contributed by atoms with Crippen LogP contribution < -0.4 is 4.90 Å². The molecule has 2 aromatic heterocycles. The molecule has 1 aromatic carbocycles. The van der Waals surface area contributed by atoms with Gasteiger partial charge in [0.1, 0.15) is 15.7 Å². The van der Waals surface area contributed by atoms with Crippen molar-refractivity contribution < 1.29 is 4.79 Å². The monoisotopic (exact) mass is 426 g/mol. The van der Waals surface area contributed by atoms with Crippen LogP contribution >= 0.6 is 23.1 Å². The van der Waals surface area contributed by atoms with Crippen LogP contribution in [-0.2, 0) is 11.2 Å². The number of fused-ring (bicyclic) bond motifs is 1. The minimum Gasteiger partial charge on any atom is -0.368 e. The second-order valence-corrected chi connectivity index (χ2v) is 9.71. The second-order valence-electron chi connectivity index (χ2n) is 7.27. The molecule has 0 saturated carbocycles. The smallest absolute Gasteiger partial charge is 0.235 e. The predicted molar refractivity (Wildman–Crippen MR) is 122 cm³/mol. The van der Waals surface area contributed by atoms with Gasteiger partial charge in [-0.15, -0.1) is 11.3 Å². The Balaban J connectivity index is 1.43. The zero-order chi connectivity index (χ0) is 20.4. The Morgan fingerprint density at radius 2 is 1.90 bits per heavy atom. The van der Waals surface area contributed by atoms with Gasteiger partial charge in [-0.3, -0.25) is 4.79 Å². The van der Waals surface area contributed by atoms with Gasteiger partial charge < -0.3 is 9.80 Å². The molecule has 1 atom stereocenters. The van der Waals surface area contributed by atoms with E-state index in [1.165, 1.54) is 10.6 Å². The predicted octanol–water partition coefficient (Wildman–Crippen LogP) is 4.39. The van der Waals surface area contributed by atoms with Crippen molar-refractivity contribution in [2.45, 2.75) is 37.5 Å². The van der Waals surface area contributed by atoms with E-state index < -0.39 is 0 Å². The highest BCUT2D eigenvalue weighted by atomic mass is 32.2. The van der Waals surface area contributed by atoms with Crippen LogP contribution in [0.15, 0.2) is 41.4 Å². The van der Waals surface area contributed by atoms with Gasteiger partial charge in [0.05, 0.1) is 5.25 Å². The molecule has 3 aromatic rings. The third-order valence-corrected chi connectivity index (χ3v) is 7.48. The molecule has 0 radical (unpaired) electrons. The number of aromatic nitrogens is 2. The number of piperazine rings is 1. The largest absolute Gasteiger partial charge is 0.368 e. The Hall–Kier alpha value is -2.12. The third kappa shape index (κ3) is 4.41. The van der Waals surface area contributed by atoms with Gasteiger partial charge in [-0.1, -0.05) is 36.9 Å². The van der Waals surface area contributed by atoms with Crippen LogP contribution in [-0.4, -0.2) is 52.2 Å². The number of amides is 1. The topological polar surface area (TPSA) is 49.3 Å². The highest BCUT2D eigenvalue weighted by Crippen LogP contribution is 2.34. The van der Waals surface area contributed by atoms with Gasteiger partial charge >= 0.3 is 0 Å². The first-order chi connectivity index (χ1) is 14.0. The highest BCUT2D eigenvalue weighted by Gasteiger charge is 2.26. The van der Waals surface area contributed by atoms with Gasteiger partial charge in [-0.25, -0.2) is 9.97 Å². The zero-order valence-electron chi connectivity index (χ0n) is 17.1. The van der Waals surface area contributed by atoms with Crippen molar-refractivity contribution in [1.82, 2.24) is 14.9 Å². The number of para-hydroxylation sites is 1. The molecule has 1 saturated heterocycles. The average molecular weight is 427 g/mol. The number of nitrogens with zero attached hydrogens (tertiary/aromatic N) is 4. The first kappa shape index (κ1) is 20.2. The van der Waals surface area contributed by atoms with Crippen molar-refractivity contribution in [2.24, 2.45) is 0 Å². The molecule has 5 nitrogen and oxygen atoms in total. The molecular formula is C22H26N4OS2. The van der Waals surface area contributed by atoms with Crippen LogP contribution in [0, 0.1) is 6.92 Å². The maximum absolute atomic E-state index is 13.1. The number of hydrogen-bond donors (Lipinski definition) is 0. The summed E-state index contributed by atoms with van der Waals surface area (Å²) in [5.74, 6) is 0.957. The second kappa shape index (κ2) is 8.71. The molecule has 7 heteroatoms. The van der Waals surface area contributed by atoms with Crippen LogP contribution in [0.2, 0.25) is 0 Å². The number of aryl methyl sites for hydroxylation is 2. The normalized spacial score (nSPS) is 15.7. The lowest BCUT2D eigenvalue weighted by Gasteiger charge is -2.37. The molecule has 0 aliphatic carbocycles. The Morgan fingerprint density at radius 3 is 2.59 bits per heavy atom. The molecule has 1 aliphatic rings. The van der Waals surface area contributed by atoms with Crippen molar-refractivity contribution in [1.29, 1.82) is 0 Å². The summed E-state index contributed by atoms with van der Waals surface area (Å²) in [5.41, 5.74) is 1.23. The van der Waals surface area contributed by atoms with Crippen LogP contribution in [0.4, 0.5) is 5.69 Å². The van der Waals surface area contributed by atoms with E-state index in [1.807, 2.05) is 24.8 Å². The summed E-state index contributed by atoms with van der Waals surface area (Å²) in [6.45, 7) is 9.32. The van der Waals surface area contributed by atoms with Crippen molar-refractivity contribution in [3.63, 3.8) is 0 Å². The van der Waals surface area contributed by atoms with Gasteiger partial charge in [0.2, 0.25) is 5.91 Å². The SMILES string of the molecule is CCc1cc2c(SC(C)C(=O)N3CCN(c4ccccc4)CC3)nc(C)nc2s1. The lowest BCUT2D eigenvalue weighted by Crippen LogP contribution is -2.50. The van der Waals surface area contributed by atoms with Gasteiger partial charge in [-0.2, -0.15) is 0 Å². The minimum atomic E-state index is -0.166. The highest BCUT2D eigenvalue weighted by molar-refractivity contribution is 8.00. The van der Waals surface area contributed by atoms with E-state index >= 15 is 0 Å². The number of carbonyl (C=O) groups is 1. The number of thiophene rings is 1. The summed E-state index contributed by atoms with van der Waals surface area (Å²) >= 11 is 3.28. The van der Waals surface area contributed by atoms with E-state index in [-0.39, 0.29) is 11.2 Å². The lowest BCUT2D eigenvalue weighted by atomic mass is 10.2. The van der Waals surface area contributed by atoms with Crippen LogP contribution in [0.25, 0.3) is 10.2 Å². The molecule has 1 unspecified atom stereocenters. The van der Waals surface area contributed by atoms with Crippen LogP contribution in [0.5, 0.6) is 0 Å². The van der Waals surface area contributed by atoms with Crippen molar-refractivity contribution in [3.05, 3.63) is 47.1 Å². The number of benzene rings is 1. The number of thioether (sulfide) groups is 1. The van der Waals surface area contributed by atoms with Crippen molar-refractivity contribution in [3.8, 4) is 0 Å². The fraction of sp³-hybridized carbons (Fsp3) is 0.409. The molecule has 1 fully saturated rings. The molecule has 1 amide bonds. The van der Waals surface area contributed by atoms with E-state index in [0.717, 1.165) is 53.7 Å². The zero-order valence-corrected chi connectivity index (χ0v) is 18.7. The van der Waals surface area contributed by atoms with E-state index in [9.17, 15) is 4.79 Å². The molecule has 1 aliphatic heterocycles. The quantitative estimate of drug-likeness (QED) is 0.447. The number of hydrogen-bond acceptors (Lipinski definition) is 6. The molecular weight excluding hydrogens is 400 g/mol. The fourth-order valence-corrected chi connectivity index (χ4v) is 5.74. The van der Waals surface area contributed by atoms with Crippen LogP contribution in [0.3, 0.4) is 0 Å². The van der Waals surface area contributed by atoms with E-state index in [1.54, 1.807) is 23.1 Å². The molecule has 0 spiro atoms. The fourth-order valence-electron chi connectivity index (χ4n) is 3.61. The molecule has 3 heterocycles. The minimum absolute atomic E-state index is 0.166. The summed E-state index contributed by atoms with van der Waals surface area (Å²) in [5, 5.41) is 1.84. The maximum atomic E-state index is 13.1. The molecule has 0 bridgehead atoms. The molecule has 4 rings (SSSR count). The summed E-state index contributed by atoms with van der Waals surface area (Å²) in [4.78, 5) is 29.0. The third-order valence-electron chi connectivity index (χ3n) is 5.22. The Kier molecular flexibility index (Phi) is 6.06. The summed E-state index contributed by atoms with van der Waals surface area (Å²) in [7, 11) is 0. The van der Waals surface area contributed by atoms with Crippen molar-refractivity contribution >= 4 is 44.9 Å². The Labute approximate surface area is 180 Å². The Morgan fingerprint density at radius 1 is 1.17 bits per heavy atom. The van der Waals surface area contributed by atoms with E-state index in [2.05, 4.69) is 52.1 Å². The first-order valence-electron chi connectivity index (χ1n) is 10.1. The van der Waals surface area contributed by atoms with E-state index in [4.69, 9.17) is 0 Å². The van der Waals surface area contributed by atoms with Gasteiger partial charge in [-0.05, 0) is 38.5 Å². The maximum Gasteiger partial charge on any atom is 0.235 e. The number of carbonyl (C=O) groups excluding carboxylic acids is 1. The summed E-state index contributed by atoms with van der Waals surface area (Å²) in [6, 6.07) is 12.6. The van der Waals surface area contributed by atoms with Gasteiger partial charge in [0.25, 0.3) is 0 Å². The summed E-state index contributed by atoms with van der Waals surface area (Å²) in [6.07, 6.45) is 0.990. The summed E-state index contributed by atoms with van der Waals surface area (Å²) < 4.78 is 0. The average Bonchev–Trinajstić information content (AvgIpc) is 3.17. The van der Waals surface area contributed by atoms with E-state index in [0.29, 0.717) is 0 Å². The molecule has 0 N–H and O–H groups in total. The number of rotatable bonds is 5.